The smallest absolute Gasteiger partial charge is 0.338 e. The third-order valence-electron chi connectivity index (χ3n) is 2.52. The summed E-state index contributed by atoms with van der Waals surface area (Å²) in [5.41, 5.74) is 2.31. The Kier molecular flexibility index (Phi) is 2.92. The average Bonchev–Trinajstić information content (AvgIpc) is 2.33. The number of pyridine rings is 1. The number of carbonyl (C=O) groups excluding carboxylic acids is 1. The number of rotatable bonds is 1. The summed E-state index contributed by atoms with van der Waals surface area (Å²) in [5.74, 6) is -0.330. The molecule has 0 amide bonds. The minimum absolute atomic E-state index is 0.330. The van der Waals surface area contributed by atoms with Gasteiger partial charge in [0, 0.05) is 16.1 Å². The SMILES string of the molecule is COC(=O)c1cc(Br)c2ncccc2c1C. The van der Waals surface area contributed by atoms with Crippen molar-refractivity contribution in [3.63, 3.8) is 0 Å². The highest BCUT2D eigenvalue weighted by Crippen LogP contribution is 2.28. The van der Waals surface area contributed by atoms with Crippen molar-refractivity contribution in [1.29, 1.82) is 0 Å². The van der Waals surface area contributed by atoms with Crippen LogP contribution in [0.2, 0.25) is 0 Å². The zero-order valence-corrected chi connectivity index (χ0v) is 10.5. The summed E-state index contributed by atoms with van der Waals surface area (Å²) >= 11 is 3.41. The van der Waals surface area contributed by atoms with Crippen LogP contribution >= 0.6 is 15.9 Å². The molecule has 82 valence electrons. The standard InChI is InChI=1S/C12H10BrNO2/c1-7-8-4-3-5-14-11(8)10(13)6-9(7)12(15)16-2/h3-6H,1-2H3. The maximum Gasteiger partial charge on any atom is 0.338 e. The van der Waals surface area contributed by atoms with Crippen LogP contribution in [0.3, 0.4) is 0 Å². The van der Waals surface area contributed by atoms with E-state index in [1.165, 1.54) is 7.11 Å². The van der Waals surface area contributed by atoms with Crippen molar-refractivity contribution < 1.29 is 9.53 Å². The first-order valence-corrected chi connectivity index (χ1v) is 5.56. The van der Waals surface area contributed by atoms with Crippen molar-refractivity contribution in [2.24, 2.45) is 0 Å². The summed E-state index contributed by atoms with van der Waals surface area (Å²) in [6.45, 7) is 1.89. The topological polar surface area (TPSA) is 39.2 Å². The van der Waals surface area contributed by atoms with Crippen molar-refractivity contribution >= 4 is 32.8 Å². The molecule has 0 radical (unpaired) electrons. The van der Waals surface area contributed by atoms with E-state index in [9.17, 15) is 4.79 Å². The van der Waals surface area contributed by atoms with Gasteiger partial charge >= 0.3 is 5.97 Å². The Hall–Kier alpha value is -1.42. The van der Waals surface area contributed by atoms with E-state index in [4.69, 9.17) is 4.74 Å². The molecule has 0 N–H and O–H groups in total. The summed E-state index contributed by atoms with van der Waals surface area (Å²) in [6, 6.07) is 5.54. The van der Waals surface area contributed by atoms with Crippen molar-refractivity contribution in [2.75, 3.05) is 7.11 Å². The van der Waals surface area contributed by atoms with Crippen LogP contribution in [0.25, 0.3) is 10.9 Å². The number of methoxy groups -OCH3 is 1. The zero-order chi connectivity index (χ0) is 11.7. The Labute approximate surface area is 102 Å². The first-order valence-electron chi connectivity index (χ1n) is 4.77. The van der Waals surface area contributed by atoms with E-state index in [2.05, 4.69) is 20.9 Å². The minimum atomic E-state index is -0.330. The molecule has 2 aromatic rings. The lowest BCUT2D eigenvalue weighted by atomic mass is 10.0. The van der Waals surface area contributed by atoms with Gasteiger partial charge in [-0.25, -0.2) is 4.79 Å². The van der Waals surface area contributed by atoms with Crippen LogP contribution in [0, 0.1) is 6.92 Å². The van der Waals surface area contributed by atoms with Crippen LogP contribution in [-0.2, 0) is 4.74 Å². The lowest BCUT2D eigenvalue weighted by Gasteiger charge is -2.08. The molecule has 3 nitrogen and oxygen atoms in total. The Morgan fingerprint density at radius 1 is 1.50 bits per heavy atom. The number of fused-ring (bicyclic) bond motifs is 1. The van der Waals surface area contributed by atoms with E-state index in [0.717, 1.165) is 20.9 Å². The molecular weight excluding hydrogens is 270 g/mol. The number of nitrogens with zero attached hydrogens (tertiary/aromatic N) is 1. The predicted octanol–water partition coefficient (Wildman–Crippen LogP) is 3.09. The number of aryl methyl sites for hydroxylation is 1. The number of hydrogen-bond donors (Lipinski definition) is 0. The molecule has 1 aromatic carbocycles. The third-order valence-corrected chi connectivity index (χ3v) is 3.12. The van der Waals surface area contributed by atoms with E-state index in [1.807, 2.05) is 19.1 Å². The van der Waals surface area contributed by atoms with Crippen molar-refractivity contribution in [3.05, 3.63) is 40.0 Å². The zero-order valence-electron chi connectivity index (χ0n) is 8.95. The molecule has 1 heterocycles. The monoisotopic (exact) mass is 279 g/mol. The molecular formula is C12H10BrNO2. The second kappa shape index (κ2) is 4.22. The molecule has 0 aliphatic rings. The van der Waals surface area contributed by atoms with Gasteiger partial charge < -0.3 is 4.74 Å². The largest absolute Gasteiger partial charge is 0.465 e. The van der Waals surface area contributed by atoms with Crippen molar-refractivity contribution in [2.45, 2.75) is 6.92 Å². The normalized spacial score (nSPS) is 10.4. The van der Waals surface area contributed by atoms with E-state index in [0.29, 0.717) is 5.56 Å². The van der Waals surface area contributed by atoms with Crippen molar-refractivity contribution in [3.8, 4) is 0 Å². The minimum Gasteiger partial charge on any atom is -0.465 e. The number of hydrogen-bond acceptors (Lipinski definition) is 3. The molecule has 16 heavy (non-hydrogen) atoms. The molecule has 0 saturated heterocycles. The van der Waals surface area contributed by atoms with Gasteiger partial charge in [-0.2, -0.15) is 0 Å². The van der Waals surface area contributed by atoms with Crippen LogP contribution in [0.15, 0.2) is 28.9 Å². The van der Waals surface area contributed by atoms with Gasteiger partial charge in [-0.15, -0.1) is 0 Å². The lowest BCUT2D eigenvalue weighted by Crippen LogP contribution is -2.04. The molecule has 0 saturated carbocycles. The molecule has 0 atom stereocenters. The maximum atomic E-state index is 11.6. The van der Waals surface area contributed by atoms with Crippen LogP contribution in [0.4, 0.5) is 0 Å². The number of carbonyl (C=O) groups is 1. The molecule has 0 aliphatic carbocycles. The molecule has 2 rings (SSSR count). The van der Waals surface area contributed by atoms with Gasteiger partial charge in [-0.1, -0.05) is 6.07 Å². The summed E-state index contributed by atoms with van der Waals surface area (Å²) < 4.78 is 5.54. The summed E-state index contributed by atoms with van der Waals surface area (Å²) in [7, 11) is 1.38. The number of ether oxygens (including phenoxy) is 1. The van der Waals surface area contributed by atoms with Gasteiger partial charge in [0.2, 0.25) is 0 Å². The fourth-order valence-electron chi connectivity index (χ4n) is 1.67. The van der Waals surface area contributed by atoms with Gasteiger partial charge in [-0.3, -0.25) is 4.98 Å². The molecule has 0 fully saturated rings. The van der Waals surface area contributed by atoms with E-state index < -0.39 is 0 Å². The van der Waals surface area contributed by atoms with Crippen LogP contribution in [0.5, 0.6) is 0 Å². The van der Waals surface area contributed by atoms with Gasteiger partial charge in [0.1, 0.15) is 0 Å². The Morgan fingerprint density at radius 3 is 2.94 bits per heavy atom. The van der Waals surface area contributed by atoms with Crippen LogP contribution in [0.1, 0.15) is 15.9 Å². The Morgan fingerprint density at radius 2 is 2.25 bits per heavy atom. The number of benzene rings is 1. The second-order valence-corrected chi connectivity index (χ2v) is 4.28. The van der Waals surface area contributed by atoms with Gasteiger partial charge in [0.25, 0.3) is 0 Å². The van der Waals surface area contributed by atoms with Gasteiger partial charge in [0.15, 0.2) is 0 Å². The number of esters is 1. The highest BCUT2D eigenvalue weighted by Gasteiger charge is 2.14. The first-order chi connectivity index (χ1) is 7.65. The molecule has 0 bridgehead atoms. The van der Waals surface area contributed by atoms with Crippen molar-refractivity contribution in [1.82, 2.24) is 4.98 Å². The van der Waals surface area contributed by atoms with Crippen LogP contribution in [-0.4, -0.2) is 18.1 Å². The van der Waals surface area contributed by atoms with Gasteiger partial charge in [0.05, 0.1) is 18.2 Å². The molecule has 0 aliphatic heterocycles. The Balaban J connectivity index is 2.80. The second-order valence-electron chi connectivity index (χ2n) is 3.42. The molecule has 0 unspecified atom stereocenters. The summed E-state index contributed by atoms with van der Waals surface area (Å²) in [5, 5.41) is 0.956. The highest BCUT2D eigenvalue weighted by molar-refractivity contribution is 9.10. The molecule has 0 spiro atoms. The maximum absolute atomic E-state index is 11.6. The molecule has 4 heteroatoms. The average molecular weight is 280 g/mol. The number of aromatic nitrogens is 1. The highest BCUT2D eigenvalue weighted by atomic mass is 79.9. The third kappa shape index (κ3) is 1.69. The summed E-state index contributed by atoms with van der Waals surface area (Å²) in [6.07, 6.45) is 1.73. The van der Waals surface area contributed by atoms with Gasteiger partial charge in [-0.05, 0) is 40.5 Å². The predicted molar refractivity (Wildman–Crippen MR) is 65.5 cm³/mol. The fourth-order valence-corrected chi connectivity index (χ4v) is 2.21. The van der Waals surface area contributed by atoms with E-state index in [1.54, 1.807) is 12.3 Å². The fraction of sp³-hybridized carbons (Fsp3) is 0.167. The Bertz CT molecular complexity index is 566. The quantitative estimate of drug-likeness (QED) is 0.753. The first kappa shape index (κ1) is 11.1. The summed E-state index contributed by atoms with van der Waals surface area (Å²) in [4.78, 5) is 15.8. The molecule has 1 aromatic heterocycles. The van der Waals surface area contributed by atoms with Crippen LogP contribution < -0.4 is 0 Å². The van der Waals surface area contributed by atoms with E-state index in [-0.39, 0.29) is 5.97 Å². The number of halogens is 1. The lowest BCUT2D eigenvalue weighted by molar-refractivity contribution is 0.0600. The van der Waals surface area contributed by atoms with E-state index >= 15 is 0 Å².